The zero-order chi connectivity index (χ0) is 39.8. The number of hydrogen-bond donors (Lipinski definition) is 4. The van der Waals surface area contributed by atoms with Gasteiger partial charge < -0.3 is 25.7 Å². The number of anilines is 3. The highest BCUT2D eigenvalue weighted by Gasteiger charge is 2.35. The van der Waals surface area contributed by atoms with Crippen LogP contribution in [0.3, 0.4) is 0 Å². The Morgan fingerprint density at radius 2 is 1.48 bits per heavy atom. The molecule has 3 aromatic carbocycles. The van der Waals surface area contributed by atoms with Gasteiger partial charge in [-0.1, -0.05) is 31.2 Å². The van der Waals surface area contributed by atoms with Gasteiger partial charge >= 0.3 is 11.9 Å². The molecule has 0 unspecified atom stereocenters. The van der Waals surface area contributed by atoms with Crippen molar-refractivity contribution in [3.63, 3.8) is 0 Å². The predicted octanol–water partition coefficient (Wildman–Crippen LogP) is 6.71. The molecule has 0 radical (unpaired) electrons. The number of pyridine rings is 1. The number of hydrogen-bond acceptors (Lipinski definition) is 8. The molecule has 1 aromatic heterocycles. The number of aromatic nitrogens is 1. The van der Waals surface area contributed by atoms with Crippen molar-refractivity contribution in [1.82, 2.24) is 9.29 Å². The van der Waals surface area contributed by atoms with Gasteiger partial charge in [0.05, 0.1) is 27.6 Å². The summed E-state index contributed by atoms with van der Waals surface area (Å²) in [7, 11) is -4.01. The minimum Gasteiger partial charge on any atom is -0.481 e. The number of carbonyl (C=O) groups is 4. The number of aliphatic carboxylic acids is 1. The summed E-state index contributed by atoms with van der Waals surface area (Å²) in [5.74, 6) is -3.07. The summed E-state index contributed by atoms with van der Waals surface area (Å²) in [5.41, 5.74) is 3.56. The van der Waals surface area contributed by atoms with E-state index in [1.807, 2.05) is 12.1 Å². The lowest BCUT2D eigenvalue weighted by Crippen LogP contribution is -2.42. The Morgan fingerprint density at radius 3 is 2.12 bits per heavy atom. The molecule has 6 rings (SSSR count). The third kappa shape index (κ3) is 9.61. The second-order valence-corrected chi connectivity index (χ2v) is 16.2. The molecule has 4 N–H and O–H groups in total. The molecule has 56 heavy (non-hydrogen) atoms. The molecule has 0 atom stereocenters. The molecular weight excluding hydrogens is 735 g/mol. The molecule has 1 aliphatic carbocycles. The fourth-order valence-corrected chi connectivity index (χ4v) is 9.21. The maximum absolute atomic E-state index is 13.9. The van der Waals surface area contributed by atoms with E-state index >= 15 is 0 Å². The van der Waals surface area contributed by atoms with Crippen LogP contribution in [0.15, 0.2) is 90.0 Å². The van der Waals surface area contributed by atoms with Crippen molar-refractivity contribution in [3.8, 4) is 0 Å². The first kappa shape index (κ1) is 40.1. The zero-order valence-corrected chi connectivity index (χ0v) is 32.1. The van der Waals surface area contributed by atoms with E-state index in [-0.39, 0.29) is 39.9 Å². The summed E-state index contributed by atoms with van der Waals surface area (Å²) >= 11 is 0. The lowest BCUT2D eigenvalue weighted by molar-refractivity contribution is -0.143. The van der Waals surface area contributed by atoms with Gasteiger partial charge in [0.25, 0.3) is 11.8 Å². The van der Waals surface area contributed by atoms with Crippen molar-refractivity contribution in [2.24, 2.45) is 5.92 Å². The third-order valence-corrected chi connectivity index (χ3v) is 12.7. The number of piperidine rings is 1. The lowest BCUT2D eigenvalue weighted by atomic mass is 9.86. The van der Waals surface area contributed by atoms with E-state index in [9.17, 15) is 32.7 Å². The number of aryl methyl sites for hydroxylation is 2. The second-order valence-electron chi connectivity index (χ2n) is 14.3. The number of sulfonamides is 1. The second kappa shape index (κ2) is 17.9. The molecule has 0 bridgehead atoms. The maximum atomic E-state index is 13.9. The van der Waals surface area contributed by atoms with Gasteiger partial charge in [-0.2, -0.15) is 4.31 Å². The largest absolute Gasteiger partial charge is 0.481 e. The molecule has 2 fully saturated rings. The van der Waals surface area contributed by atoms with Crippen LogP contribution in [0.2, 0.25) is 0 Å². The number of nitrogens with zero attached hydrogens (tertiary/aromatic N) is 3. The average Bonchev–Trinajstić information content (AvgIpc) is 3.21. The van der Waals surface area contributed by atoms with Crippen LogP contribution >= 0.6 is 0 Å². The van der Waals surface area contributed by atoms with Gasteiger partial charge in [0.2, 0.25) is 10.0 Å². The van der Waals surface area contributed by atoms with Crippen molar-refractivity contribution in [3.05, 3.63) is 113 Å². The van der Waals surface area contributed by atoms with Gasteiger partial charge in [0.15, 0.2) is 0 Å². The van der Waals surface area contributed by atoms with Crippen molar-refractivity contribution in [1.29, 1.82) is 0 Å². The van der Waals surface area contributed by atoms with Crippen LogP contribution in [0.4, 0.5) is 17.2 Å². The molecule has 0 spiro atoms. The Bertz CT molecular complexity index is 2160. The van der Waals surface area contributed by atoms with E-state index in [4.69, 9.17) is 5.11 Å². The lowest BCUT2D eigenvalue weighted by Gasteiger charge is -2.34. The van der Waals surface area contributed by atoms with Crippen LogP contribution in [-0.4, -0.2) is 77.3 Å². The van der Waals surface area contributed by atoms with Crippen LogP contribution in [0.1, 0.15) is 94.1 Å². The first-order chi connectivity index (χ1) is 26.9. The quantitative estimate of drug-likeness (QED) is 0.107. The van der Waals surface area contributed by atoms with Crippen molar-refractivity contribution in [2.45, 2.75) is 75.6 Å². The van der Waals surface area contributed by atoms with Gasteiger partial charge in [-0.15, -0.1) is 0 Å². The van der Waals surface area contributed by atoms with E-state index in [0.29, 0.717) is 44.3 Å². The Labute approximate surface area is 326 Å². The molecule has 14 heteroatoms. The number of rotatable bonds is 14. The highest BCUT2D eigenvalue weighted by atomic mass is 32.2. The summed E-state index contributed by atoms with van der Waals surface area (Å²) in [6, 6.07) is 21.0. The Morgan fingerprint density at radius 1 is 0.786 bits per heavy atom. The summed E-state index contributed by atoms with van der Waals surface area (Å²) in [5, 5.41) is 24.2. The van der Waals surface area contributed by atoms with Gasteiger partial charge in [0.1, 0.15) is 5.82 Å². The van der Waals surface area contributed by atoms with E-state index in [1.165, 1.54) is 28.6 Å². The standard InChI is InChI=1S/C42H47N5O8S/c1-2-47(33-18-16-31(17-19-33)42(52)53)56(54,55)35-8-6-7-32(25-35)39(48)44-37-21-20-34(46-23-4-3-5-24-46)26-36(37)40(49)45-38-22-13-29(27-43-38)10-9-28-11-14-30(15-12-28)41(50)51/h6-8,11-15,20-22,25-27,31,33H,2-5,9-10,16-19,23-24H2,1H3,(H,44,48)(H,50,51)(H,52,53)(H,43,45,49)/t31-,33-. The highest BCUT2D eigenvalue weighted by molar-refractivity contribution is 7.89. The summed E-state index contributed by atoms with van der Waals surface area (Å²) in [6.45, 7) is 3.63. The van der Waals surface area contributed by atoms with Crippen LogP contribution in [0.25, 0.3) is 0 Å². The smallest absolute Gasteiger partial charge is 0.335 e. The molecule has 13 nitrogen and oxygen atoms in total. The SMILES string of the molecule is CCN([C@H]1CC[C@H](C(=O)O)CC1)S(=O)(=O)c1cccc(C(=O)Nc2ccc(N3CCCCC3)cc2C(=O)Nc2ccc(CCc3ccc(C(=O)O)cc3)cn2)c1. The fraction of sp³-hybridized carbons (Fsp3) is 0.357. The van der Waals surface area contributed by atoms with Crippen LogP contribution in [0.5, 0.6) is 0 Å². The number of carboxylic acid groups (broad SMARTS) is 2. The average molecular weight is 782 g/mol. The van der Waals surface area contributed by atoms with Crippen LogP contribution in [-0.2, 0) is 27.7 Å². The van der Waals surface area contributed by atoms with E-state index < -0.39 is 39.7 Å². The van der Waals surface area contributed by atoms with Crippen LogP contribution in [0, 0.1) is 5.92 Å². The van der Waals surface area contributed by atoms with Gasteiger partial charge in [-0.25, -0.2) is 18.2 Å². The first-order valence-corrected chi connectivity index (χ1v) is 20.5. The Balaban J connectivity index is 1.17. The molecule has 1 saturated heterocycles. The normalized spacial score (nSPS) is 17.3. The molecular formula is C42H47N5O8S. The number of amides is 2. The topological polar surface area (TPSA) is 186 Å². The van der Waals surface area contributed by atoms with Gasteiger partial charge in [-0.05, 0) is 124 Å². The molecule has 1 aliphatic heterocycles. The first-order valence-electron chi connectivity index (χ1n) is 19.1. The number of carbonyl (C=O) groups excluding carboxylic acids is 2. The maximum Gasteiger partial charge on any atom is 0.335 e. The Kier molecular flexibility index (Phi) is 12.8. The molecule has 4 aromatic rings. The van der Waals surface area contributed by atoms with E-state index in [0.717, 1.165) is 49.2 Å². The summed E-state index contributed by atoms with van der Waals surface area (Å²) in [6.07, 6.45) is 7.89. The molecule has 2 amide bonds. The molecule has 1 saturated carbocycles. The summed E-state index contributed by atoms with van der Waals surface area (Å²) < 4.78 is 29.1. The number of nitrogens with one attached hydrogen (secondary N) is 2. The van der Waals surface area contributed by atoms with Gasteiger partial charge in [0, 0.05) is 43.1 Å². The number of carboxylic acids is 2. The minimum absolute atomic E-state index is 0.0450. The van der Waals surface area contributed by atoms with E-state index in [1.54, 1.807) is 55.6 Å². The fourth-order valence-electron chi connectivity index (χ4n) is 7.47. The molecule has 2 heterocycles. The minimum atomic E-state index is -4.01. The number of aromatic carboxylic acids is 1. The molecule has 2 aliphatic rings. The van der Waals surface area contributed by atoms with Gasteiger partial charge in [-0.3, -0.25) is 14.4 Å². The zero-order valence-electron chi connectivity index (χ0n) is 31.3. The third-order valence-electron chi connectivity index (χ3n) is 10.7. The highest BCUT2D eigenvalue weighted by Crippen LogP contribution is 2.32. The van der Waals surface area contributed by atoms with Crippen molar-refractivity contribution >= 4 is 51.0 Å². The Hall–Kier alpha value is -5.60. The molecule has 294 valence electrons. The number of benzene rings is 3. The van der Waals surface area contributed by atoms with Crippen molar-refractivity contribution in [2.75, 3.05) is 35.2 Å². The van der Waals surface area contributed by atoms with E-state index in [2.05, 4.69) is 20.5 Å². The summed E-state index contributed by atoms with van der Waals surface area (Å²) in [4.78, 5) is 56.8. The van der Waals surface area contributed by atoms with Crippen molar-refractivity contribution < 1.29 is 37.8 Å². The monoisotopic (exact) mass is 781 g/mol. The predicted molar refractivity (Wildman–Crippen MR) is 213 cm³/mol. The van der Waals surface area contributed by atoms with Crippen LogP contribution < -0.4 is 15.5 Å².